The van der Waals surface area contributed by atoms with E-state index >= 15 is 0 Å². The molecule has 0 spiro atoms. The predicted molar refractivity (Wildman–Crippen MR) is 43.0 cm³/mol. The Labute approximate surface area is 74.9 Å². The SMILES string of the molecule is CC1C=CC(OCC(F)(F)F)=CC1. The van der Waals surface area contributed by atoms with Gasteiger partial charge < -0.3 is 4.74 Å². The van der Waals surface area contributed by atoms with E-state index in [1.807, 2.05) is 13.0 Å². The van der Waals surface area contributed by atoms with Crippen molar-refractivity contribution < 1.29 is 17.9 Å². The summed E-state index contributed by atoms with van der Waals surface area (Å²) in [5.74, 6) is 0.702. The van der Waals surface area contributed by atoms with Crippen LogP contribution in [-0.4, -0.2) is 12.8 Å². The van der Waals surface area contributed by atoms with Crippen molar-refractivity contribution in [3.8, 4) is 0 Å². The normalized spacial score (nSPS) is 22.8. The lowest BCUT2D eigenvalue weighted by Gasteiger charge is -2.14. The van der Waals surface area contributed by atoms with Crippen LogP contribution in [0.15, 0.2) is 24.0 Å². The molecule has 0 saturated heterocycles. The van der Waals surface area contributed by atoms with Crippen molar-refractivity contribution in [2.75, 3.05) is 6.61 Å². The van der Waals surface area contributed by atoms with Gasteiger partial charge in [0.2, 0.25) is 0 Å². The van der Waals surface area contributed by atoms with Crippen LogP contribution in [0.2, 0.25) is 0 Å². The molecule has 0 saturated carbocycles. The maximum absolute atomic E-state index is 11.7. The molecule has 0 N–H and O–H groups in total. The van der Waals surface area contributed by atoms with Crippen LogP contribution in [0.25, 0.3) is 0 Å². The topological polar surface area (TPSA) is 9.23 Å². The van der Waals surface area contributed by atoms with Crippen LogP contribution in [0.1, 0.15) is 13.3 Å². The summed E-state index contributed by atoms with van der Waals surface area (Å²) in [5.41, 5.74) is 0. The minimum Gasteiger partial charge on any atom is -0.484 e. The molecule has 0 aliphatic heterocycles. The molecule has 1 rings (SSSR count). The summed E-state index contributed by atoms with van der Waals surface area (Å²) in [7, 11) is 0. The second-order valence-corrected chi connectivity index (χ2v) is 3.08. The van der Waals surface area contributed by atoms with Gasteiger partial charge in [0.25, 0.3) is 0 Å². The quantitative estimate of drug-likeness (QED) is 0.653. The number of hydrogen-bond donors (Lipinski definition) is 0. The van der Waals surface area contributed by atoms with Crippen molar-refractivity contribution in [1.29, 1.82) is 0 Å². The Hall–Kier alpha value is -0.930. The van der Waals surface area contributed by atoms with E-state index < -0.39 is 12.8 Å². The van der Waals surface area contributed by atoms with Gasteiger partial charge in [-0.05, 0) is 24.5 Å². The third kappa shape index (κ3) is 4.01. The first-order valence-corrected chi connectivity index (χ1v) is 4.05. The number of halogens is 3. The number of hydrogen-bond acceptors (Lipinski definition) is 1. The van der Waals surface area contributed by atoms with E-state index in [2.05, 4.69) is 4.74 Å². The molecule has 0 radical (unpaired) electrons. The van der Waals surface area contributed by atoms with Crippen molar-refractivity contribution in [3.63, 3.8) is 0 Å². The molecule has 74 valence electrons. The zero-order valence-electron chi connectivity index (χ0n) is 7.27. The number of alkyl halides is 3. The summed E-state index contributed by atoms with van der Waals surface area (Å²) < 4.78 is 39.7. The molecule has 1 aliphatic carbocycles. The fraction of sp³-hybridized carbons (Fsp3) is 0.556. The summed E-state index contributed by atoms with van der Waals surface area (Å²) in [6, 6.07) is 0. The van der Waals surface area contributed by atoms with E-state index in [0.717, 1.165) is 6.42 Å². The van der Waals surface area contributed by atoms with Crippen LogP contribution in [0.4, 0.5) is 13.2 Å². The maximum atomic E-state index is 11.7. The molecule has 0 bridgehead atoms. The Morgan fingerprint density at radius 2 is 2.23 bits per heavy atom. The maximum Gasteiger partial charge on any atom is 0.422 e. The van der Waals surface area contributed by atoms with Gasteiger partial charge in [-0.2, -0.15) is 13.2 Å². The zero-order chi connectivity index (χ0) is 9.90. The highest BCUT2D eigenvalue weighted by Gasteiger charge is 2.28. The molecule has 13 heavy (non-hydrogen) atoms. The molecular formula is C9H11F3O. The van der Waals surface area contributed by atoms with Crippen LogP contribution in [0.5, 0.6) is 0 Å². The molecule has 1 nitrogen and oxygen atoms in total. The van der Waals surface area contributed by atoms with Crippen LogP contribution >= 0.6 is 0 Å². The minimum atomic E-state index is -4.25. The third-order valence-corrected chi connectivity index (χ3v) is 1.68. The number of ether oxygens (including phenoxy) is 1. The molecule has 0 fully saturated rings. The Bertz CT molecular complexity index is 228. The van der Waals surface area contributed by atoms with Gasteiger partial charge in [0, 0.05) is 0 Å². The Morgan fingerprint density at radius 1 is 1.54 bits per heavy atom. The van der Waals surface area contributed by atoms with Gasteiger partial charge in [0.05, 0.1) is 0 Å². The lowest BCUT2D eigenvalue weighted by Crippen LogP contribution is -2.16. The molecule has 0 aromatic rings. The first kappa shape index (κ1) is 10.2. The van der Waals surface area contributed by atoms with Crippen molar-refractivity contribution in [2.45, 2.75) is 19.5 Å². The van der Waals surface area contributed by atoms with E-state index in [4.69, 9.17) is 0 Å². The van der Waals surface area contributed by atoms with Crippen molar-refractivity contribution >= 4 is 0 Å². The third-order valence-electron chi connectivity index (χ3n) is 1.68. The monoisotopic (exact) mass is 192 g/mol. The standard InChI is InChI=1S/C9H11F3O/c1-7-2-4-8(5-3-7)13-6-9(10,11)12/h2,4-5,7H,3,6H2,1H3. The van der Waals surface area contributed by atoms with E-state index in [0.29, 0.717) is 11.7 Å². The van der Waals surface area contributed by atoms with Crippen LogP contribution < -0.4 is 0 Å². The second kappa shape index (κ2) is 3.85. The average Bonchev–Trinajstić information content (AvgIpc) is 2.02. The Balaban J connectivity index is 2.36. The highest BCUT2D eigenvalue weighted by Crippen LogP contribution is 2.20. The predicted octanol–water partition coefficient (Wildman–Crippen LogP) is 3.05. The van der Waals surface area contributed by atoms with Crippen molar-refractivity contribution in [3.05, 3.63) is 24.0 Å². The Morgan fingerprint density at radius 3 is 2.69 bits per heavy atom. The molecule has 1 unspecified atom stereocenters. The van der Waals surface area contributed by atoms with Crippen LogP contribution in [0, 0.1) is 5.92 Å². The smallest absolute Gasteiger partial charge is 0.422 e. The molecule has 0 heterocycles. The highest BCUT2D eigenvalue weighted by molar-refractivity contribution is 5.17. The molecule has 0 aromatic carbocycles. The molecule has 4 heteroatoms. The molecule has 1 atom stereocenters. The largest absolute Gasteiger partial charge is 0.484 e. The number of rotatable bonds is 2. The lowest BCUT2D eigenvalue weighted by molar-refractivity contribution is -0.163. The van der Waals surface area contributed by atoms with Gasteiger partial charge in [0.15, 0.2) is 6.61 Å². The zero-order valence-corrected chi connectivity index (χ0v) is 7.27. The summed E-state index contributed by atoms with van der Waals surface area (Å²) in [5, 5.41) is 0. The van der Waals surface area contributed by atoms with Crippen molar-refractivity contribution in [1.82, 2.24) is 0 Å². The van der Waals surface area contributed by atoms with Crippen LogP contribution in [0.3, 0.4) is 0 Å². The fourth-order valence-corrected chi connectivity index (χ4v) is 0.980. The number of allylic oxidation sites excluding steroid dienone is 3. The van der Waals surface area contributed by atoms with Gasteiger partial charge in [0.1, 0.15) is 5.76 Å². The van der Waals surface area contributed by atoms with E-state index in [9.17, 15) is 13.2 Å². The van der Waals surface area contributed by atoms with Crippen LogP contribution in [-0.2, 0) is 4.74 Å². The summed E-state index contributed by atoms with van der Waals surface area (Å²) in [4.78, 5) is 0. The molecule has 0 amide bonds. The van der Waals surface area contributed by atoms with Gasteiger partial charge in [-0.1, -0.05) is 13.0 Å². The molecule has 0 aromatic heterocycles. The summed E-state index contributed by atoms with van der Waals surface area (Å²) in [6.07, 6.45) is 1.59. The van der Waals surface area contributed by atoms with Gasteiger partial charge >= 0.3 is 6.18 Å². The second-order valence-electron chi connectivity index (χ2n) is 3.08. The lowest BCUT2D eigenvalue weighted by atomic mass is 10.0. The average molecular weight is 192 g/mol. The highest BCUT2D eigenvalue weighted by atomic mass is 19.4. The van der Waals surface area contributed by atoms with Crippen molar-refractivity contribution in [2.24, 2.45) is 5.92 Å². The summed E-state index contributed by atoms with van der Waals surface area (Å²) in [6.45, 7) is 0.783. The summed E-state index contributed by atoms with van der Waals surface area (Å²) >= 11 is 0. The molecule has 1 aliphatic rings. The van der Waals surface area contributed by atoms with Gasteiger partial charge in [-0.15, -0.1) is 0 Å². The molecular weight excluding hydrogens is 181 g/mol. The van der Waals surface area contributed by atoms with E-state index in [1.54, 1.807) is 12.2 Å². The Kier molecular flexibility index (Phi) is 3.01. The first-order chi connectivity index (χ1) is 5.97. The van der Waals surface area contributed by atoms with E-state index in [-0.39, 0.29) is 0 Å². The van der Waals surface area contributed by atoms with Gasteiger partial charge in [-0.3, -0.25) is 0 Å². The fourth-order valence-electron chi connectivity index (χ4n) is 0.980. The minimum absolute atomic E-state index is 0.315. The van der Waals surface area contributed by atoms with Gasteiger partial charge in [-0.25, -0.2) is 0 Å². The first-order valence-electron chi connectivity index (χ1n) is 4.05. The van der Waals surface area contributed by atoms with E-state index in [1.165, 1.54) is 0 Å².